The highest BCUT2D eigenvalue weighted by molar-refractivity contribution is 7.17. The van der Waals surface area contributed by atoms with Gasteiger partial charge < -0.3 is 9.80 Å². The second-order valence-electron chi connectivity index (χ2n) is 7.88. The number of benzene rings is 1. The predicted octanol–water partition coefficient (Wildman–Crippen LogP) is 4.13. The van der Waals surface area contributed by atoms with Crippen molar-refractivity contribution in [1.29, 1.82) is 0 Å². The quantitative estimate of drug-likeness (QED) is 0.835. The minimum Gasteiger partial charge on any atom is -0.306 e. The van der Waals surface area contributed by atoms with Crippen LogP contribution in [0.15, 0.2) is 17.6 Å². The molecule has 3 heterocycles. The van der Waals surface area contributed by atoms with Gasteiger partial charge in [0, 0.05) is 6.54 Å². The van der Waals surface area contributed by atoms with E-state index in [2.05, 4.69) is 40.9 Å². The van der Waals surface area contributed by atoms with Crippen molar-refractivity contribution in [2.75, 3.05) is 39.8 Å². The second kappa shape index (κ2) is 7.11. The summed E-state index contributed by atoms with van der Waals surface area (Å²) in [5, 5.41) is 0. The highest BCUT2D eigenvalue weighted by Gasteiger charge is 2.25. The summed E-state index contributed by atoms with van der Waals surface area (Å²) < 4.78 is 1.43. The Balaban J connectivity index is 1.38. The molecule has 4 heteroatoms. The van der Waals surface area contributed by atoms with Gasteiger partial charge in [0.15, 0.2) is 0 Å². The molecule has 0 atom stereocenters. The normalized spacial score (nSPS) is 22.4. The van der Waals surface area contributed by atoms with Crippen molar-refractivity contribution in [2.45, 2.75) is 38.5 Å². The molecule has 130 valence electrons. The van der Waals surface area contributed by atoms with Crippen LogP contribution in [0.4, 0.5) is 0 Å². The van der Waals surface area contributed by atoms with E-state index in [0.717, 1.165) is 11.8 Å². The Bertz CT molecular complexity index is 679. The molecule has 0 unspecified atom stereocenters. The van der Waals surface area contributed by atoms with E-state index >= 15 is 0 Å². The number of likely N-dealkylation sites (tertiary alicyclic amines) is 2. The molecule has 0 bridgehead atoms. The van der Waals surface area contributed by atoms with Crippen LogP contribution in [0, 0.1) is 12.8 Å². The highest BCUT2D eigenvalue weighted by atomic mass is 32.1. The molecule has 2 aliphatic heterocycles. The standard InChI is InChI=1S/C20H29N3S/c1-15-11-18(20-19(12-15)21-14-24-20)17-5-9-23(10-6-17)13-16-3-7-22(2)8-4-16/h11-12,14,16-17H,3-10,13H2,1-2H3. The van der Waals surface area contributed by atoms with Crippen molar-refractivity contribution in [2.24, 2.45) is 5.92 Å². The van der Waals surface area contributed by atoms with Crippen LogP contribution in [0.2, 0.25) is 0 Å². The number of thiazole rings is 1. The van der Waals surface area contributed by atoms with Gasteiger partial charge in [-0.15, -0.1) is 11.3 Å². The minimum absolute atomic E-state index is 0.724. The zero-order valence-electron chi connectivity index (χ0n) is 15.0. The lowest BCUT2D eigenvalue weighted by atomic mass is 9.87. The first kappa shape index (κ1) is 16.5. The topological polar surface area (TPSA) is 19.4 Å². The van der Waals surface area contributed by atoms with Crippen LogP contribution in [0.5, 0.6) is 0 Å². The van der Waals surface area contributed by atoms with Gasteiger partial charge in [0.1, 0.15) is 0 Å². The van der Waals surface area contributed by atoms with Crippen molar-refractivity contribution in [1.82, 2.24) is 14.8 Å². The molecule has 24 heavy (non-hydrogen) atoms. The van der Waals surface area contributed by atoms with Gasteiger partial charge >= 0.3 is 0 Å². The molecule has 0 aliphatic carbocycles. The van der Waals surface area contributed by atoms with Gasteiger partial charge in [-0.25, -0.2) is 4.98 Å². The molecule has 0 spiro atoms. The van der Waals surface area contributed by atoms with Crippen LogP contribution in [-0.4, -0.2) is 54.6 Å². The van der Waals surface area contributed by atoms with Crippen molar-refractivity contribution in [3.05, 3.63) is 28.8 Å². The molecule has 1 aromatic carbocycles. The molecule has 2 aliphatic rings. The molecule has 0 saturated carbocycles. The van der Waals surface area contributed by atoms with E-state index in [4.69, 9.17) is 0 Å². The molecule has 3 nitrogen and oxygen atoms in total. The smallest absolute Gasteiger partial charge is 0.0817 e. The Morgan fingerprint density at radius 1 is 1.08 bits per heavy atom. The summed E-state index contributed by atoms with van der Waals surface area (Å²) in [6.45, 7) is 8.64. The van der Waals surface area contributed by atoms with Gasteiger partial charge in [-0.1, -0.05) is 6.07 Å². The molecule has 2 saturated heterocycles. The van der Waals surface area contributed by atoms with Crippen molar-refractivity contribution >= 4 is 21.6 Å². The van der Waals surface area contributed by atoms with E-state index in [1.54, 1.807) is 5.56 Å². The lowest BCUT2D eigenvalue weighted by Gasteiger charge is -2.37. The van der Waals surface area contributed by atoms with E-state index in [0.29, 0.717) is 0 Å². The zero-order valence-corrected chi connectivity index (χ0v) is 15.8. The third-order valence-electron chi connectivity index (χ3n) is 5.99. The summed E-state index contributed by atoms with van der Waals surface area (Å²) >= 11 is 1.82. The van der Waals surface area contributed by atoms with E-state index in [9.17, 15) is 0 Å². The Hall–Kier alpha value is -0.970. The number of piperidine rings is 2. The van der Waals surface area contributed by atoms with Crippen LogP contribution >= 0.6 is 11.3 Å². The minimum atomic E-state index is 0.724. The second-order valence-corrected chi connectivity index (χ2v) is 8.73. The number of aromatic nitrogens is 1. The zero-order chi connectivity index (χ0) is 16.5. The average Bonchev–Trinajstić information content (AvgIpc) is 3.05. The van der Waals surface area contributed by atoms with E-state index < -0.39 is 0 Å². The maximum atomic E-state index is 4.54. The first-order valence-corrected chi connectivity index (χ1v) is 10.3. The summed E-state index contributed by atoms with van der Waals surface area (Å²) in [6.07, 6.45) is 5.39. The number of nitrogens with zero attached hydrogens (tertiary/aromatic N) is 3. The monoisotopic (exact) mass is 343 g/mol. The summed E-state index contributed by atoms with van der Waals surface area (Å²) in [4.78, 5) is 9.74. The first-order valence-electron chi connectivity index (χ1n) is 9.43. The Labute approximate surface area is 149 Å². The number of aryl methyl sites for hydroxylation is 1. The SMILES string of the molecule is Cc1cc(C2CCN(CC3CCN(C)CC3)CC2)c2scnc2c1. The highest BCUT2D eigenvalue weighted by Crippen LogP contribution is 2.36. The summed E-state index contributed by atoms with van der Waals surface area (Å²) in [5.74, 6) is 1.64. The maximum absolute atomic E-state index is 4.54. The first-order chi connectivity index (χ1) is 11.7. The van der Waals surface area contributed by atoms with Crippen molar-refractivity contribution in [3.63, 3.8) is 0 Å². The van der Waals surface area contributed by atoms with Gasteiger partial charge in [0.05, 0.1) is 15.7 Å². The van der Waals surface area contributed by atoms with Gasteiger partial charge in [-0.05, 0) is 94.9 Å². The average molecular weight is 344 g/mol. The van der Waals surface area contributed by atoms with Crippen LogP contribution in [0.25, 0.3) is 10.2 Å². The number of hydrogen-bond acceptors (Lipinski definition) is 4. The van der Waals surface area contributed by atoms with Gasteiger partial charge in [-0.2, -0.15) is 0 Å². The molecule has 2 fully saturated rings. The van der Waals surface area contributed by atoms with Gasteiger partial charge in [0.25, 0.3) is 0 Å². The lowest BCUT2D eigenvalue weighted by Crippen LogP contribution is -2.40. The third kappa shape index (κ3) is 3.51. The summed E-state index contributed by atoms with van der Waals surface area (Å²) in [7, 11) is 2.25. The largest absolute Gasteiger partial charge is 0.306 e. The third-order valence-corrected chi connectivity index (χ3v) is 6.88. The Morgan fingerprint density at radius 2 is 1.83 bits per heavy atom. The molecule has 2 aromatic rings. The van der Waals surface area contributed by atoms with Crippen molar-refractivity contribution in [3.8, 4) is 0 Å². The molecular formula is C20H29N3S. The van der Waals surface area contributed by atoms with Crippen LogP contribution in [-0.2, 0) is 0 Å². The Kier molecular flexibility index (Phi) is 4.88. The van der Waals surface area contributed by atoms with Gasteiger partial charge in [-0.3, -0.25) is 0 Å². The van der Waals surface area contributed by atoms with Crippen LogP contribution in [0.1, 0.15) is 42.7 Å². The molecule has 0 radical (unpaired) electrons. The number of hydrogen-bond donors (Lipinski definition) is 0. The molecule has 4 rings (SSSR count). The summed E-state index contributed by atoms with van der Waals surface area (Å²) in [5.41, 5.74) is 6.12. The van der Waals surface area contributed by atoms with E-state index in [-0.39, 0.29) is 0 Å². The fourth-order valence-corrected chi connectivity index (χ4v) is 5.35. The van der Waals surface area contributed by atoms with E-state index in [1.165, 1.54) is 74.2 Å². The van der Waals surface area contributed by atoms with E-state index in [1.807, 2.05) is 16.8 Å². The van der Waals surface area contributed by atoms with Crippen molar-refractivity contribution < 1.29 is 0 Å². The van der Waals surface area contributed by atoms with Crippen LogP contribution in [0.3, 0.4) is 0 Å². The summed E-state index contributed by atoms with van der Waals surface area (Å²) in [6, 6.07) is 4.64. The lowest BCUT2D eigenvalue weighted by molar-refractivity contribution is 0.139. The maximum Gasteiger partial charge on any atom is 0.0817 e. The fraction of sp³-hybridized carbons (Fsp3) is 0.650. The Morgan fingerprint density at radius 3 is 2.58 bits per heavy atom. The van der Waals surface area contributed by atoms with Crippen LogP contribution < -0.4 is 0 Å². The number of rotatable bonds is 3. The molecular weight excluding hydrogens is 314 g/mol. The predicted molar refractivity (Wildman–Crippen MR) is 103 cm³/mol. The number of fused-ring (bicyclic) bond motifs is 1. The molecule has 0 N–H and O–H groups in total. The fourth-order valence-electron chi connectivity index (χ4n) is 4.48. The molecule has 1 aromatic heterocycles. The molecule has 0 amide bonds. The van der Waals surface area contributed by atoms with Gasteiger partial charge in [0.2, 0.25) is 0 Å².